The van der Waals surface area contributed by atoms with Crippen LogP contribution in [0.5, 0.6) is 5.75 Å². The van der Waals surface area contributed by atoms with Crippen molar-refractivity contribution in [2.45, 2.75) is 52.5 Å². The van der Waals surface area contributed by atoms with Crippen LogP contribution in [0.4, 0.5) is 26.7 Å². The first-order valence-electron chi connectivity index (χ1n) is 10.0. The Hall–Kier alpha value is -3.23. The predicted molar refractivity (Wildman–Crippen MR) is 105 cm³/mol. The molecule has 0 saturated heterocycles. The van der Waals surface area contributed by atoms with Crippen molar-refractivity contribution in [2.75, 3.05) is 6.54 Å². The van der Waals surface area contributed by atoms with Crippen molar-refractivity contribution >= 4 is 32.8 Å². The first-order chi connectivity index (χ1) is 15.9. The van der Waals surface area contributed by atoms with E-state index in [9.17, 15) is 41.1 Å². The normalized spacial score (nSPS) is 10.9. The molecular weight excluding hydrogens is 493 g/mol. The van der Waals surface area contributed by atoms with Gasteiger partial charge in [0.05, 0.1) is 6.04 Å². The van der Waals surface area contributed by atoms with E-state index in [-0.39, 0.29) is 38.3 Å². The number of amides is 1. The van der Waals surface area contributed by atoms with Crippen molar-refractivity contribution in [1.82, 2.24) is 5.32 Å². The van der Waals surface area contributed by atoms with E-state index in [1.165, 1.54) is 20.8 Å². The average molecular weight is 515 g/mol. The molecular formula is C19H22F5NO8Si. The van der Waals surface area contributed by atoms with Gasteiger partial charge in [-0.2, -0.15) is 8.78 Å². The molecule has 1 N–H and O–H groups in total. The first-order valence-corrected chi connectivity index (χ1v) is 12.0. The van der Waals surface area contributed by atoms with Crippen LogP contribution in [0.25, 0.3) is 0 Å². The molecule has 0 radical (unpaired) electrons. The fourth-order valence-electron chi connectivity index (χ4n) is 2.25. The molecule has 0 aliphatic heterocycles. The summed E-state index contributed by atoms with van der Waals surface area (Å²) in [6.07, 6.45) is -2.13. The Bertz CT molecular complexity index is 871. The Morgan fingerprint density at radius 1 is 0.706 bits per heavy atom. The van der Waals surface area contributed by atoms with Gasteiger partial charge < -0.3 is 23.3 Å². The highest BCUT2D eigenvalue weighted by atomic mass is 28.4. The second-order valence-corrected chi connectivity index (χ2v) is 8.96. The van der Waals surface area contributed by atoms with Crippen LogP contribution in [0, 0.1) is 29.1 Å². The number of carbonyl (C=O) groups excluding carboxylic acids is 4. The van der Waals surface area contributed by atoms with Gasteiger partial charge in [0.25, 0.3) is 17.9 Å². The zero-order valence-corrected chi connectivity index (χ0v) is 19.4. The van der Waals surface area contributed by atoms with E-state index >= 15 is 0 Å². The number of carbonyl (C=O) groups is 4. The van der Waals surface area contributed by atoms with Gasteiger partial charge in [-0.3, -0.25) is 14.4 Å². The number of hydrogen-bond acceptors (Lipinski definition) is 8. The quantitative estimate of drug-likeness (QED) is 0.156. The van der Waals surface area contributed by atoms with Crippen LogP contribution in [-0.2, 0) is 27.7 Å². The van der Waals surface area contributed by atoms with Crippen molar-refractivity contribution in [2.24, 2.45) is 0 Å². The second kappa shape index (κ2) is 12.9. The van der Waals surface area contributed by atoms with Crippen LogP contribution in [0.1, 0.15) is 46.5 Å². The predicted octanol–water partition coefficient (Wildman–Crippen LogP) is 3.66. The van der Waals surface area contributed by atoms with Crippen molar-refractivity contribution in [3.05, 3.63) is 29.1 Å². The second-order valence-electron chi connectivity index (χ2n) is 6.48. The molecule has 0 spiro atoms. The minimum Gasteiger partial charge on any atom is -0.455 e. The van der Waals surface area contributed by atoms with Crippen LogP contribution in [-0.4, -0.2) is 39.4 Å². The Balaban J connectivity index is 2.90. The molecule has 0 saturated carbocycles. The van der Waals surface area contributed by atoms with Gasteiger partial charge in [0.2, 0.25) is 34.8 Å². The third-order valence-electron chi connectivity index (χ3n) is 3.97. The van der Waals surface area contributed by atoms with Crippen molar-refractivity contribution in [1.29, 1.82) is 0 Å². The fourth-order valence-corrected chi connectivity index (χ4v) is 4.77. The Kier molecular flexibility index (Phi) is 10.9. The van der Waals surface area contributed by atoms with E-state index in [0.717, 1.165) is 0 Å². The Morgan fingerprint density at radius 2 is 1.09 bits per heavy atom. The maximum absolute atomic E-state index is 13.6. The van der Waals surface area contributed by atoms with E-state index in [4.69, 9.17) is 13.3 Å². The van der Waals surface area contributed by atoms with E-state index < -0.39 is 67.6 Å². The Labute approximate surface area is 191 Å². The number of halogens is 5. The van der Waals surface area contributed by atoms with Gasteiger partial charge in [-0.05, 0) is 6.42 Å². The number of benzene rings is 1. The number of rotatable bonds is 11. The van der Waals surface area contributed by atoms with Gasteiger partial charge in [-0.1, -0.05) is 20.8 Å². The summed E-state index contributed by atoms with van der Waals surface area (Å²) in [7, 11) is -4.23. The molecule has 1 amide bonds. The molecule has 0 unspecified atom stereocenters. The molecule has 9 nitrogen and oxygen atoms in total. The molecule has 0 heterocycles. The molecule has 0 atom stereocenters. The highest BCUT2D eigenvalue weighted by molar-refractivity contribution is 6.65. The average Bonchev–Trinajstić information content (AvgIpc) is 2.81. The summed E-state index contributed by atoms with van der Waals surface area (Å²) in [5.74, 6) is -16.0. The molecule has 0 fully saturated rings. The lowest BCUT2D eigenvalue weighted by Crippen LogP contribution is -2.50. The fraction of sp³-hybridized carbons (Fsp3) is 0.474. The monoisotopic (exact) mass is 515 g/mol. The molecule has 1 aromatic rings. The highest BCUT2D eigenvalue weighted by Gasteiger charge is 2.52. The number of hydrogen-bond donors (Lipinski definition) is 1. The third-order valence-corrected chi connectivity index (χ3v) is 6.55. The summed E-state index contributed by atoms with van der Waals surface area (Å²) in [6.45, 7) is 3.96. The van der Waals surface area contributed by atoms with Gasteiger partial charge >= 0.3 is 14.9 Å². The summed E-state index contributed by atoms with van der Waals surface area (Å²) in [5.41, 5.74) is 0. The third kappa shape index (κ3) is 7.67. The number of nitrogens with one attached hydrogen (secondary N) is 1. The lowest BCUT2D eigenvalue weighted by atomic mass is 10.2. The van der Waals surface area contributed by atoms with E-state index in [2.05, 4.69) is 4.74 Å². The van der Waals surface area contributed by atoms with Crippen molar-refractivity contribution in [3.63, 3.8) is 0 Å². The summed E-state index contributed by atoms with van der Waals surface area (Å²) >= 11 is 0. The highest BCUT2D eigenvalue weighted by Crippen LogP contribution is 2.29. The summed E-state index contributed by atoms with van der Waals surface area (Å²) in [6, 6.07) is -0.334. The van der Waals surface area contributed by atoms with Crippen LogP contribution in [0.2, 0.25) is 6.04 Å². The zero-order valence-electron chi connectivity index (χ0n) is 18.4. The minimum atomic E-state index is -4.23. The van der Waals surface area contributed by atoms with Crippen LogP contribution in [0.15, 0.2) is 0 Å². The first kappa shape index (κ1) is 28.8. The van der Waals surface area contributed by atoms with E-state index in [1.807, 2.05) is 5.32 Å². The van der Waals surface area contributed by atoms with Gasteiger partial charge in [0.1, 0.15) is 0 Å². The number of ether oxygens (including phenoxy) is 1. The molecule has 190 valence electrons. The summed E-state index contributed by atoms with van der Waals surface area (Å²) < 4.78 is 86.3. The molecule has 34 heavy (non-hydrogen) atoms. The van der Waals surface area contributed by atoms with E-state index in [0.29, 0.717) is 0 Å². The molecule has 15 heteroatoms. The van der Waals surface area contributed by atoms with Crippen LogP contribution >= 0.6 is 0 Å². The van der Waals surface area contributed by atoms with Crippen LogP contribution in [0.3, 0.4) is 0 Å². The van der Waals surface area contributed by atoms with Gasteiger partial charge in [0.15, 0.2) is 0 Å². The maximum atomic E-state index is 13.6. The Morgan fingerprint density at radius 3 is 1.47 bits per heavy atom. The smallest absolute Gasteiger partial charge is 0.455 e. The largest absolute Gasteiger partial charge is 0.705 e. The maximum Gasteiger partial charge on any atom is 0.705 e. The van der Waals surface area contributed by atoms with Gasteiger partial charge in [0, 0.05) is 25.8 Å². The minimum absolute atomic E-state index is 0.130. The molecule has 0 aliphatic carbocycles. The standard InChI is InChI=1S/C19H22F5NO8Si/c1-4-10(26)31-34(32-11(27)5-2,33-12(28)6-3)9-7-8-25-19(29)30-18-16(23)14(21)13(20)15(22)17(18)24/h4-9H2,1-3H3,(H,25,29). The lowest BCUT2D eigenvalue weighted by Gasteiger charge is -2.27. The van der Waals surface area contributed by atoms with Gasteiger partial charge in [-0.15, -0.1) is 0 Å². The summed E-state index contributed by atoms with van der Waals surface area (Å²) in [4.78, 5) is 47.3. The molecule has 1 rings (SSSR count). The van der Waals surface area contributed by atoms with Crippen molar-refractivity contribution in [3.8, 4) is 5.75 Å². The lowest BCUT2D eigenvalue weighted by molar-refractivity contribution is -0.150. The summed E-state index contributed by atoms with van der Waals surface area (Å²) in [5, 5.41) is 1.98. The van der Waals surface area contributed by atoms with Gasteiger partial charge in [-0.25, -0.2) is 18.0 Å². The SMILES string of the molecule is CCC(=O)O[Si](CCCNC(=O)Oc1c(F)c(F)c(F)c(F)c1F)(OC(=O)CC)OC(=O)CC. The molecule has 1 aromatic carbocycles. The molecule has 0 bridgehead atoms. The molecule has 0 aliphatic rings. The van der Waals surface area contributed by atoms with Crippen molar-refractivity contribution < 1.29 is 59.1 Å². The van der Waals surface area contributed by atoms with Crippen LogP contribution < -0.4 is 10.1 Å². The molecule has 0 aromatic heterocycles. The zero-order chi connectivity index (χ0) is 26.1. The topological polar surface area (TPSA) is 117 Å². The van der Waals surface area contributed by atoms with E-state index in [1.54, 1.807) is 0 Å².